The van der Waals surface area contributed by atoms with E-state index in [9.17, 15) is 9.18 Å². The molecule has 0 unspecified atom stereocenters. The molecule has 0 aliphatic heterocycles. The maximum absolute atomic E-state index is 13.7. The fourth-order valence-electron chi connectivity index (χ4n) is 2.09. The van der Waals surface area contributed by atoms with Crippen LogP contribution in [0.1, 0.15) is 21.9 Å². The molecule has 2 N–H and O–H groups in total. The van der Waals surface area contributed by atoms with Gasteiger partial charge in [-0.2, -0.15) is 15.0 Å². The molecule has 112 valence electrons. The second kappa shape index (κ2) is 5.40. The molecule has 3 rings (SSSR count). The number of anilines is 2. The van der Waals surface area contributed by atoms with Gasteiger partial charge in [0.05, 0.1) is 11.4 Å². The number of carbonyl (C=O) groups is 1. The number of benzene rings is 1. The molecule has 0 radical (unpaired) electrons. The SMILES string of the molecule is Cc1cc(C)n(C(=O)c2n[nH]nc2Nc2ccccc2F)n1. The Balaban J connectivity index is 1.94. The maximum atomic E-state index is 13.7. The number of aryl methyl sites for hydroxylation is 2. The zero-order chi connectivity index (χ0) is 15.7. The zero-order valence-electron chi connectivity index (χ0n) is 12.0. The highest BCUT2D eigenvalue weighted by Gasteiger charge is 2.21. The lowest BCUT2D eigenvalue weighted by Gasteiger charge is -2.06. The van der Waals surface area contributed by atoms with Crippen molar-refractivity contribution in [3.05, 3.63) is 53.2 Å². The summed E-state index contributed by atoms with van der Waals surface area (Å²) in [5.74, 6) is -0.754. The summed E-state index contributed by atoms with van der Waals surface area (Å²) in [4.78, 5) is 12.5. The van der Waals surface area contributed by atoms with Crippen LogP contribution in [0.5, 0.6) is 0 Å². The number of nitrogens with one attached hydrogen (secondary N) is 2. The summed E-state index contributed by atoms with van der Waals surface area (Å²) < 4.78 is 14.9. The summed E-state index contributed by atoms with van der Waals surface area (Å²) in [7, 11) is 0. The highest BCUT2D eigenvalue weighted by molar-refractivity contribution is 5.98. The summed E-state index contributed by atoms with van der Waals surface area (Å²) >= 11 is 0. The minimum Gasteiger partial charge on any atom is -0.334 e. The molecule has 22 heavy (non-hydrogen) atoms. The highest BCUT2D eigenvalue weighted by Crippen LogP contribution is 2.20. The topological polar surface area (TPSA) is 88.5 Å². The van der Waals surface area contributed by atoms with E-state index in [2.05, 4.69) is 25.8 Å². The van der Waals surface area contributed by atoms with Crippen molar-refractivity contribution >= 4 is 17.4 Å². The van der Waals surface area contributed by atoms with Gasteiger partial charge in [0, 0.05) is 5.69 Å². The van der Waals surface area contributed by atoms with Gasteiger partial charge in [-0.3, -0.25) is 4.79 Å². The third-order valence-electron chi connectivity index (χ3n) is 3.08. The van der Waals surface area contributed by atoms with E-state index in [4.69, 9.17) is 0 Å². The van der Waals surface area contributed by atoms with Gasteiger partial charge in [0.15, 0.2) is 11.5 Å². The van der Waals surface area contributed by atoms with Crippen LogP contribution in [0, 0.1) is 19.7 Å². The van der Waals surface area contributed by atoms with E-state index in [0.29, 0.717) is 5.69 Å². The molecule has 7 nitrogen and oxygen atoms in total. The van der Waals surface area contributed by atoms with E-state index in [1.807, 2.05) is 0 Å². The average molecular weight is 300 g/mol. The minimum absolute atomic E-state index is 0.0365. The van der Waals surface area contributed by atoms with Crippen LogP contribution in [-0.2, 0) is 0 Å². The molecule has 0 aliphatic rings. The van der Waals surface area contributed by atoms with Crippen molar-refractivity contribution in [3.8, 4) is 0 Å². The molecular weight excluding hydrogens is 287 g/mol. The molecule has 1 aromatic carbocycles. The summed E-state index contributed by atoms with van der Waals surface area (Å²) in [6.07, 6.45) is 0. The lowest BCUT2D eigenvalue weighted by Crippen LogP contribution is -2.17. The van der Waals surface area contributed by atoms with Crippen LogP contribution in [0.15, 0.2) is 30.3 Å². The van der Waals surface area contributed by atoms with Crippen molar-refractivity contribution in [1.82, 2.24) is 25.2 Å². The number of aromatic amines is 1. The number of halogens is 1. The molecule has 2 heterocycles. The lowest BCUT2D eigenvalue weighted by atomic mass is 10.3. The van der Waals surface area contributed by atoms with E-state index in [1.54, 1.807) is 38.1 Å². The quantitative estimate of drug-likeness (QED) is 0.774. The number of rotatable bonds is 3. The lowest BCUT2D eigenvalue weighted by molar-refractivity contribution is 0.0938. The van der Waals surface area contributed by atoms with Crippen LogP contribution in [0.4, 0.5) is 15.9 Å². The Labute approximate surface area is 125 Å². The van der Waals surface area contributed by atoms with Gasteiger partial charge in [0.25, 0.3) is 0 Å². The van der Waals surface area contributed by atoms with Crippen molar-refractivity contribution in [1.29, 1.82) is 0 Å². The monoisotopic (exact) mass is 300 g/mol. The van der Waals surface area contributed by atoms with Crippen LogP contribution in [0.2, 0.25) is 0 Å². The molecule has 0 amide bonds. The van der Waals surface area contributed by atoms with Crippen molar-refractivity contribution in [2.24, 2.45) is 0 Å². The molecule has 8 heteroatoms. The Morgan fingerprint density at radius 3 is 2.73 bits per heavy atom. The van der Waals surface area contributed by atoms with Crippen LogP contribution in [-0.4, -0.2) is 31.1 Å². The highest BCUT2D eigenvalue weighted by atomic mass is 19.1. The normalized spacial score (nSPS) is 10.7. The third kappa shape index (κ3) is 2.46. The fraction of sp³-hybridized carbons (Fsp3) is 0.143. The Bertz CT molecular complexity index is 837. The molecule has 0 bridgehead atoms. The second-order valence-corrected chi connectivity index (χ2v) is 4.77. The van der Waals surface area contributed by atoms with E-state index in [-0.39, 0.29) is 17.2 Å². The van der Waals surface area contributed by atoms with E-state index < -0.39 is 11.7 Å². The number of nitrogens with zero attached hydrogens (tertiary/aromatic N) is 4. The number of hydrogen-bond acceptors (Lipinski definition) is 5. The predicted molar refractivity (Wildman–Crippen MR) is 77.5 cm³/mol. The van der Waals surface area contributed by atoms with Gasteiger partial charge < -0.3 is 5.32 Å². The van der Waals surface area contributed by atoms with E-state index >= 15 is 0 Å². The molecule has 2 aromatic heterocycles. The van der Waals surface area contributed by atoms with Gasteiger partial charge in [-0.15, -0.1) is 10.2 Å². The molecule has 0 saturated heterocycles. The molecule has 0 spiro atoms. The van der Waals surface area contributed by atoms with Crippen molar-refractivity contribution in [2.75, 3.05) is 5.32 Å². The van der Waals surface area contributed by atoms with Crippen LogP contribution in [0.25, 0.3) is 0 Å². The Hall–Kier alpha value is -3.03. The molecule has 0 saturated carbocycles. The first kappa shape index (κ1) is 13.9. The van der Waals surface area contributed by atoms with E-state index in [1.165, 1.54) is 10.7 Å². The van der Waals surface area contributed by atoms with Gasteiger partial charge in [-0.25, -0.2) is 4.39 Å². The third-order valence-corrected chi connectivity index (χ3v) is 3.08. The first-order valence-electron chi connectivity index (χ1n) is 6.56. The second-order valence-electron chi connectivity index (χ2n) is 4.77. The molecular formula is C14H13FN6O. The fourth-order valence-corrected chi connectivity index (χ4v) is 2.09. The largest absolute Gasteiger partial charge is 0.334 e. The summed E-state index contributed by atoms with van der Waals surface area (Å²) in [5, 5.41) is 16.9. The zero-order valence-corrected chi connectivity index (χ0v) is 12.0. The van der Waals surface area contributed by atoms with Crippen LogP contribution >= 0.6 is 0 Å². The van der Waals surface area contributed by atoms with Crippen molar-refractivity contribution < 1.29 is 9.18 Å². The standard InChI is InChI=1S/C14H13FN6O/c1-8-7-9(2)21(19-8)14(22)12-13(18-20-17-12)16-11-6-4-3-5-10(11)15/h3-7H,1-2H3,(H2,16,17,18,20). The van der Waals surface area contributed by atoms with Crippen molar-refractivity contribution in [2.45, 2.75) is 13.8 Å². The van der Waals surface area contributed by atoms with Crippen LogP contribution in [0.3, 0.4) is 0 Å². The molecule has 3 aromatic rings. The minimum atomic E-state index is -0.449. The molecule has 0 atom stereocenters. The maximum Gasteiger partial charge on any atom is 0.302 e. The van der Waals surface area contributed by atoms with Gasteiger partial charge >= 0.3 is 5.91 Å². The number of hydrogen-bond donors (Lipinski definition) is 2. The Morgan fingerprint density at radius 2 is 2.05 bits per heavy atom. The van der Waals surface area contributed by atoms with Gasteiger partial charge in [0.1, 0.15) is 5.82 Å². The number of H-pyrrole nitrogens is 1. The Morgan fingerprint density at radius 1 is 1.27 bits per heavy atom. The summed E-state index contributed by atoms with van der Waals surface area (Å²) in [6.45, 7) is 3.56. The predicted octanol–water partition coefficient (Wildman–Crippen LogP) is 2.19. The van der Waals surface area contributed by atoms with Crippen LogP contribution < -0.4 is 5.32 Å². The first-order valence-corrected chi connectivity index (χ1v) is 6.56. The number of carbonyl (C=O) groups excluding carboxylic acids is 1. The first-order chi connectivity index (χ1) is 10.6. The van der Waals surface area contributed by atoms with Gasteiger partial charge in [-0.05, 0) is 32.0 Å². The van der Waals surface area contributed by atoms with Gasteiger partial charge in [0.2, 0.25) is 0 Å². The number of para-hydroxylation sites is 1. The van der Waals surface area contributed by atoms with Gasteiger partial charge in [-0.1, -0.05) is 12.1 Å². The average Bonchev–Trinajstić information content (AvgIpc) is 3.07. The van der Waals surface area contributed by atoms with Crippen molar-refractivity contribution in [3.63, 3.8) is 0 Å². The smallest absolute Gasteiger partial charge is 0.302 e. The summed E-state index contributed by atoms with van der Waals surface area (Å²) in [5.41, 5.74) is 1.65. The number of aromatic nitrogens is 5. The van der Waals surface area contributed by atoms with E-state index in [0.717, 1.165) is 5.69 Å². The summed E-state index contributed by atoms with van der Waals surface area (Å²) in [6, 6.07) is 7.88. The molecule has 0 aliphatic carbocycles. The Kier molecular flexibility index (Phi) is 3.42. The molecule has 0 fully saturated rings.